The summed E-state index contributed by atoms with van der Waals surface area (Å²) >= 11 is 0. The predicted octanol–water partition coefficient (Wildman–Crippen LogP) is 6.69. The molecule has 1 aromatic rings. The fourth-order valence-electron chi connectivity index (χ4n) is 9.24. The quantitative estimate of drug-likeness (QED) is 0.185. The Morgan fingerprint density at radius 2 is 1.62 bits per heavy atom. The van der Waals surface area contributed by atoms with Crippen molar-refractivity contribution in [2.45, 2.75) is 149 Å². The van der Waals surface area contributed by atoms with Gasteiger partial charge in [-0.25, -0.2) is 9.59 Å². The standard InChI is InChI=1S/C41H66BN3O8/c1-38(2,3)50-36(47)30-15-13-14-27(35(30)49-12)23-33(42-52-32-25-28-24-31(40(28,7)8)41(32,9)53-42)43-34(46)22-26-16-18-29(19-17-26)45(21-20-44(10)11)37(48)51-39(4,5)6/h13-15,26,28-29,31-33H,16-25H2,1-12H3,(H,43,46)/t26?,28?,29?,31?,32?,33-,41?/m0/s1. The molecule has 4 aliphatic carbocycles. The van der Waals surface area contributed by atoms with Gasteiger partial charge in [0.15, 0.2) is 0 Å². The smallest absolute Gasteiger partial charge is 0.482 e. The van der Waals surface area contributed by atoms with E-state index in [1.807, 2.05) is 72.7 Å². The number of rotatable bonds is 12. The Balaban J connectivity index is 1.30. The third-order valence-corrected chi connectivity index (χ3v) is 12.2. The highest BCUT2D eigenvalue weighted by atomic mass is 16.7. The maximum atomic E-state index is 14.0. The molecule has 4 saturated carbocycles. The molecule has 2 bridgehead atoms. The summed E-state index contributed by atoms with van der Waals surface area (Å²) in [5.74, 6) is 0.535. The average Bonchev–Trinajstić information content (AvgIpc) is 3.40. The van der Waals surface area contributed by atoms with Gasteiger partial charge in [0, 0.05) is 25.6 Å². The molecule has 53 heavy (non-hydrogen) atoms. The minimum Gasteiger partial charge on any atom is -0.496 e. The fraction of sp³-hybridized carbons (Fsp3) is 0.780. The van der Waals surface area contributed by atoms with Gasteiger partial charge in [0.25, 0.3) is 0 Å². The van der Waals surface area contributed by atoms with Gasteiger partial charge in [-0.3, -0.25) is 4.79 Å². The normalized spacial score (nSPS) is 28.4. The maximum absolute atomic E-state index is 14.0. The van der Waals surface area contributed by atoms with Crippen molar-refractivity contribution < 1.29 is 37.9 Å². The van der Waals surface area contributed by atoms with E-state index in [2.05, 4.69) is 31.0 Å². The molecule has 1 aromatic carbocycles. The lowest BCUT2D eigenvalue weighted by Crippen LogP contribution is -2.65. The van der Waals surface area contributed by atoms with E-state index in [4.69, 9.17) is 23.5 Å². The molecule has 12 heteroatoms. The van der Waals surface area contributed by atoms with Crippen molar-refractivity contribution >= 4 is 25.1 Å². The molecule has 0 aromatic heterocycles. The van der Waals surface area contributed by atoms with Crippen LogP contribution in [0.15, 0.2) is 18.2 Å². The Morgan fingerprint density at radius 3 is 2.21 bits per heavy atom. The van der Waals surface area contributed by atoms with Crippen molar-refractivity contribution in [1.82, 2.24) is 15.1 Å². The molecule has 1 saturated heterocycles. The first-order chi connectivity index (χ1) is 24.6. The first-order valence-electron chi connectivity index (χ1n) is 19.8. The van der Waals surface area contributed by atoms with Crippen LogP contribution in [-0.4, -0.2) is 104 Å². The molecule has 6 rings (SSSR count). The van der Waals surface area contributed by atoms with E-state index < -0.39 is 35.8 Å². The van der Waals surface area contributed by atoms with Gasteiger partial charge in [0.05, 0.1) is 24.8 Å². The summed E-state index contributed by atoms with van der Waals surface area (Å²) in [6.45, 7) is 19.4. The van der Waals surface area contributed by atoms with Gasteiger partial charge in [-0.15, -0.1) is 0 Å². The lowest BCUT2D eigenvalue weighted by Gasteiger charge is -2.64. The van der Waals surface area contributed by atoms with E-state index >= 15 is 0 Å². The zero-order chi connectivity index (χ0) is 39.1. The molecular weight excluding hydrogens is 673 g/mol. The Kier molecular flexibility index (Phi) is 12.3. The van der Waals surface area contributed by atoms with Crippen molar-refractivity contribution in [2.24, 2.45) is 23.2 Å². The number of benzene rings is 1. The zero-order valence-electron chi connectivity index (χ0n) is 34.5. The van der Waals surface area contributed by atoms with Gasteiger partial charge < -0.3 is 38.6 Å². The molecule has 5 atom stereocenters. The number of nitrogens with one attached hydrogen (secondary N) is 1. The molecule has 5 fully saturated rings. The molecule has 4 unspecified atom stereocenters. The second-order valence-corrected chi connectivity index (χ2v) is 19.1. The minimum atomic E-state index is -0.667. The number of amides is 2. The first-order valence-corrected chi connectivity index (χ1v) is 19.8. The van der Waals surface area contributed by atoms with E-state index in [1.54, 1.807) is 13.2 Å². The van der Waals surface area contributed by atoms with Gasteiger partial charge in [-0.05, 0) is 142 Å². The summed E-state index contributed by atoms with van der Waals surface area (Å²) in [7, 11) is 4.90. The lowest BCUT2D eigenvalue weighted by molar-refractivity contribution is -0.199. The number of ether oxygens (including phenoxy) is 3. The monoisotopic (exact) mass is 739 g/mol. The molecular formula is C41H66BN3O8. The van der Waals surface area contributed by atoms with E-state index in [1.165, 1.54) is 0 Å². The number of hydrogen-bond acceptors (Lipinski definition) is 9. The van der Waals surface area contributed by atoms with Gasteiger partial charge in [0.2, 0.25) is 5.91 Å². The van der Waals surface area contributed by atoms with Gasteiger partial charge in [-0.1, -0.05) is 26.0 Å². The Labute approximate surface area is 318 Å². The Hall–Kier alpha value is -2.83. The molecule has 0 radical (unpaired) electrons. The maximum Gasteiger partial charge on any atom is 0.482 e. The molecule has 1 heterocycles. The van der Waals surface area contributed by atoms with E-state index in [0.29, 0.717) is 42.5 Å². The highest BCUT2D eigenvalue weighted by Gasteiger charge is 2.68. The molecule has 2 amide bonds. The van der Waals surface area contributed by atoms with Crippen LogP contribution in [0.1, 0.15) is 123 Å². The molecule has 296 valence electrons. The van der Waals surface area contributed by atoms with Crippen LogP contribution >= 0.6 is 0 Å². The van der Waals surface area contributed by atoms with Crippen LogP contribution in [0.2, 0.25) is 0 Å². The number of hydrogen-bond donors (Lipinski definition) is 1. The van der Waals surface area contributed by atoms with E-state index in [-0.39, 0.29) is 35.5 Å². The highest BCUT2D eigenvalue weighted by Crippen LogP contribution is 2.65. The summed E-state index contributed by atoms with van der Waals surface area (Å²) in [6.07, 6.45) is 5.76. The van der Waals surface area contributed by atoms with Crippen molar-refractivity contribution in [3.05, 3.63) is 29.3 Å². The summed E-state index contributed by atoms with van der Waals surface area (Å²) < 4.78 is 30.9. The first kappa shape index (κ1) is 41.3. The summed E-state index contributed by atoms with van der Waals surface area (Å²) in [5.41, 5.74) is -0.405. The summed E-state index contributed by atoms with van der Waals surface area (Å²) in [5, 5.41) is 3.33. The molecule has 0 spiro atoms. The lowest BCUT2D eigenvalue weighted by atomic mass is 9.43. The van der Waals surface area contributed by atoms with E-state index in [9.17, 15) is 14.4 Å². The van der Waals surface area contributed by atoms with Gasteiger partial charge in [0.1, 0.15) is 22.5 Å². The molecule has 1 aliphatic heterocycles. The SMILES string of the molecule is COc1c(C[C@H](NC(=O)CC2CCC(N(CCN(C)C)C(=O)OC(C)(C)C)CC2)B2OC3CC4CC(C4(C)C)C3(C)O2)cccc1C(=O)OC(C)(C)C. The van der Waals surface area contributed by atoms with E-state index in [0.717, 1.165) is 50.6 Å². The van der Waals surface area contributed by atoms with Crippen LogP contribution in [0, 0.1) is 23.2 Å². The molecule has 5 aliphatic rings. The van der Waals surface area contributed by atoms with Crippen molar-refractivity contribution in [3.8, 4) is 5.75 Å². The van der Waals surface area contributed by atoms with Crippen LogP contribution in [0.25, 0.3) is 0 Å². The van der Waals surface area contributed by atoms with Crippen molar-refractivity contribution in [2.75, 3.05) is 34.3 Å². The number of nitrogens with zero attached hydrogens (tertiary/aromatic N) is 2. The third kappa shape index (κ3) is 9.53. The second kappa shape index (κ2) is 15.7. The van der Waals surface area contributed by atoms with Crippen LogP contribution in [0.4, 0.5) is 4.79 Å². The van der Waals surface area contributed by atoms with Crippen LogP contribution in [0.5, 0.6) is 5.75 Å². The third-order valence-electron chi connectivity index (χ3n) is 12.2. The largest absolute Gasteiger partial charge is 0.496 e. The number of methoxy groups -OCH3 is 1. The number of carbonyl (C=O) groups is 3. The Morgan fingerprint density at radius 1 is 0.962 bits per heavy atom. The topological polar surface area (TPSA) is 116 Å². The molecule has 11 nitrogen and oxygen atoms in total. The van der Waals surface area contributed by atoms with Gasteiger partial charge in [-0.2, -0.15) is 0 Å². The van der Waals surface area contributed by atoms with Crippen LogP contribution < -0.4 is 10.1 Å². The van der Waals surface area contributed by atoms with Crippen LogP contribution in [0.3, 0.4) is 0 Å². The van der Waals surface area contributed by atoms with Gasteiger partial charge >= 0.3 is 19.2 Å². The summed E-state index contributed by atoms with van der Waals surface area (Å²) in [6, 6.07) is 5.52. The summed E-state index contributed by atoms with van der Waals surface area (Å²) in [4.78, 5) is 44.4. The fourth-order valence-corrected chi connectivity index (χ4v) is 9.24. The van der Waals surface area contributed by atoms with Crippen molar-refractivity contribution in [3.63, 3.8) is 0 Å². The van der Waals surface area contributed by atoms with Crippen molar-refractivity contribution in [1.29, 1.82) is 0 Å². The number of esters is 1. The number of likely N-dealkylation sites (N-methyl/N-ethyl adjacent to an activating group) is 1. The second-order valence-electron chi connectivity index (χ2n) is 19.1. The Bertz CT molecular complexity index is 1480. The predicted molar refractivity (Wildman–Crippen MR) is 206 cm³/mol. The number of para-hydroxylation sites is 1. The molecule has 1 N–H and O–H groups in total. The highest BCUT2D eigenvalue weighted by molar-refractivity contribution is 6.48. The minimum absolute atomic E-state index is 0.0469. The van der Waals surface area contributed by atoms with Crippen LogP contribution in [-0.2, 0) is 30.0 Å². The average molecular weight is 740 g/mol. The zero-order valence-corrected chi connectivity index (χ0v) is 34.5. The number of carbonyl (C=O) groups excluding carboxylic acids is 3.